The average molecular weight is 602 g/mol. The molecule has 39 heavy (non-hydrogen) atoms. The third-order valence-corrected chi connectivity index (χ3v) is 9.10. The van der Waals surface area contributed by atoms with E-state index in [2.05, 4.69) is 5.32 Å². The molecule has 1 amide bonds. The molecule has 0 saturated heterocycles. The second-order valence-corrected chi connectivity index (χ2v) is 12.2. The smallest absolute Gasteiger partial charge is 0.264 e. The lowest BCUT2D eigenvalue weighted by Gasteiger charge is -2.24. The molecule has 10 heteroatoms. The molecule has 6 nitrogen and oxygen atoms in total. The van der Waals surface area contributed by atoms with Crippen molar-refractivity contribution in [1.29, 1.82) is 0 Å². The van der Waals surface area contributed by atoms with E-state index in [-0.39, 0.29) is 11.4 Å². The van der Waals surface area contributed by atoms with Crippen LogP contribution >= 0.6 is 35.0 Å². The molecule has 1 N–H and O–H groups in total. The van der Waals surface area contributed by atoms with Gasteiger partial charge in [0.15, 0.2) is 0 Å². The number of carbonyl (C=O) groups excluding carboxylic acids is 1. The molecule has 0 aliphatic heterocycles. The van der Waals surface area contributed by atoms with E-state index in [1.54, 1.807) is 60.3 Å². The van der Waals surface area contributed by atoms with Gasteiger partial charge in [-0.15, -0.1) is 0 Å². The Labute approximate surface area is 243 Å². The van der Waals surface area contributed by atoms with Crippen LogP contribution in [0.2, 0.25) is 10.0 Å². The molecule has 0 atom stereocenters. The van der Waals surface area contributed by atoms with Crippen LogP contribution in [-0.2, 0) is 20.6 Å². The van der Waals surface area contributed by atoms with Crippen LogP contribution in [0.5, 0.6) is 11.5 Å². The Bertz CT molecular complexity index is 1490. The van der Waals surface area contributed by atoms with Crippen LogP contribution in [0.4, 0.5) is 5.69 Å². The van der Waals surface area contributed by atoms with Gasteiger partial charge in [-0.2, -0.15) is 11.8 Å². The number of amides is 1. The quantitative estimate of drug-likeness (QED) is 0.177. The second-order valence-electron chi connectivity index (χ2n) is 8.38. The zero-order chi connectivity index (χ0) is 27.7. The Kier molecular flexibility index (Phi) is 10.2. The fraction of sp³-hybridized carbons (Fsp3) is 0.138. The minimum absolute atomic E-state index is 0.0968. The lowest BCUT2D eigenvalue weighted by atomic mass is 10.2. The number of carbonyl (C=O) groups is 1. The van der Waals surface area contributed by atoms with E-state index in [1.807, 2.05) is 42.5 Å². The summed E-state index contributed by atoms with van der Waals surface area (Å²) >= 11 is 13.6. The summed E-state index contributed by atoms with van der Waals surface area (Å²) in [5.74, 6) is 2.15. The van der Waals surface area contributed by atoms with E-state index >= 15 is 0 Å². The molecule has 0 fully saturated rings. The molecule has 0 heterocycles. The highest BCUT2D eigenvalue weighted by Gasteiger charge is 2.27. The number of nitrogens with zero attached hydrogens (tertiary/aromatic N) is 1. The highest BCUT2D eigenvalue weighted by Crippen LogP contribution is 2.28. The van der Waals surface area contributed by atoms with Crippen molar-refractivity contribution in [3.05, 3.63) is 119 Å². The minimum Gasteiger partial charge on any atom is -0.457 e. The molecule has 4 aromatic rings. The Hall–Kier alpha value is -3.17. The first-order valence-corrected chi connectivity index (χ1v) is 15.4. The summed E-state index contributed by atoms with van der Waals surface area (Å²) in [7, 11) is -4.00. The zero-order valence-corrected chi connectivity index (χ0v) is 23.9. The maximum atomic E-state index is 13.5. The lowest BCUT2D eigenvalue weighted by Crippen LogP contribution is -2.41. The van der Waals surface area contributed by atoms with E-state index < -0.39 is 15.9 Å². The van der Waals surface area contributed by atoms with Crippen molar-refractivity contribution < 1.29 is 17.9 Å². The number of anilines is 1. The van der Waals surface area contributed by atoms with Crippen molar-refractivity contribution in [2.45, 2.75) is 10.6 Å². The van der Waals surface area contributed by atoms with Crippen LogP contribution in [0.15, 0.2) is 108 Å². The van der Waals surface area contributed by atoms with Gasteiger partial charge in [-0.3, -0.25) is 9.10 Å². The number of rotatable bonds is 12. The van der Waals surface area contributed by atoms with Crippen molar-refractivity contribution in [3.8, 4) is 11.5 Å². The monoisotopic (exact) mass is 600 g/mol. The van der Waals surface area contributed by atoms with E-state index in [4.69, 9.17) is 27.9 Å². The predicted molar refractivity (Wildman–Crippen MR) is 160 cm³/mol. The normalized spacial score (nSPS) is 11.1. The maximum absolute atomic E-state index is 13.5. The highest BCUT2D eigenvalue weighted by atomic mass is 35.5. The third kappa shape index (κ3) is 8.16. The van der Waals surface area contributed by atoms with Gasteiger partial charge in [-0.25, -0.2) is 8.42 Å². The molecule has 4 aromatic carbocycles. The number of sulfonamides is 1. The SMILES string of the molecule is O=C(CN(c1ccc(Oc2ccccc2)cc1)S(=O)(=O)c1ccccc1)NCCSCc1ccc(Cl)c(Cl)c1. The van der Waals surface area contributed by atoms with Crippen molar-refractivity contribution in [2.24, 2.45) is 0 Å². The topological polar surface area (TPSA) is 75.7 Å². The molecule has 0 bridgehead atoms. The summed E-state index contributed by atoms with van der Waals surface area (Å²) in [5, 5.41) is 3.83. The van der Waals surface area contributed by atoms with Crippen molar-refractivity contribution in [2.75, 3.05) is 23.1 Å². The molecular formula is C29H26Cl2N2O4S2. The van der Waals surface area contributed by atoms with Crippen LogP contribution in [0.25, 0.3) is 0 Å². The zero-order valence-electron chi connectivity index (χ0n) is 20.8. The summed E-state index contributed by atoms with van der Waals surface area (Å²) in [4.78, 5) is 12.9. The van der Waals surface area contributed by atoms with E-state index in [9.17, 15) is 13.2 Å². The lowest BCUT2D eigenvalue weighted by molar-refractivity contribution is -0.119. The number of para-hydroxylation sites is 1. The summed E-state index contributed by atoms with van der Waals surface area (Å²) in [6.45, 7) is 0.0154. The van der Waals surface area contributed by atoms with Gasteiger partial charge in [-0.1, -0.05) is 65.7 Å². The standard InChI is InChI=1S/C29H26Cl2N2O4S2/c30-27-16-11-22(19-28(27)31)21-38-18-17-32-29(34)20-33(39(35,36)26-9-5-2-6-10-26)23-12-14-25(15-13-23)37-24-7-3-1-4-8-24/h1-16,19H,17-18,20-21H2,(H,32,34). The molecule has 0 saturated carbocycles. The minimum atomic E-state index is -4.00. The highest BCUT2D eigenvalue weighted by molar-refractivity contribution is 7.98. The van der Waals surface area contributed by atoms with Crippen LogP contribution in [0.3, 0.4) is 0 Å². The van der Waals surface area contributed by atoms with Crippen molar-refractivity contribution >= 4 is 56.6 Å². The van der Waals surface area contributed by atoms with E-state index in [0.717, 1.165) is 9.87 Å². The van der Waals surface area contributed by atoms with Gasteiger partial charge < -0.3 is 10.1 Å². The first-order chi connectivity index (χ1) is 18.8. The predicted octanol–water partition coefficient (Wildman–Crippen LogP) is 7.03. The molecule has 0 unspecified atom stereocenters. The van der Waals surface area contributed by atoms with Gasteiger partial charge in [0.05, 0.1) is 20.6 Å². The molecule has 0 aromatic heterocycles. The first kappa shape index (κ1) is 28.8. The van der Waals surface area contributed by atoms with Gasteiger partial charge in [0.1, 0.15) is 18.0 Å². The second kappa shape index (κ2) is 13.8. The summed E-state index contributed by atoms with van der Waals surface area (Å²) in [5.41, 5.74) is 1.38. The number of nitrogens with one attached hydrogen (secondary N) is 1. The van der Waals surface area contributed by atoms with Crippen LogP contribution in [0, 0.1) is 0 Å². The van der Waals surface area contributed by atoms with E-state index in [0.29, 0.717) is 45.3 Å². The van der Waals surface area contributed by atoms with Crippen LogP contribution in [-0.4, -0.2) is 33.2 Å². The van der Waals surface area contributed by atoms with Gasteiger partial charge in [0.2, 0.25) is 5.91 Å². The Morgan fingerprint density at radius 3 is 2.13 bits per heavy atom. The largest absolute Gasteiger partial charge is 0.457 e. The third-order valence-electron chi connectivity index (χ3n) is 5.54. The summed E-state index contributed by atoms with van der Waals surface area (Å²) in [6.07, 6.45) is 0. The Morgan fingerprint density at radius 2 is 1.46 bits per heavy atom. The fourth-order valence-electron chi connectivity index (χ4n) is 3.61. The van der Waals surface area contributed by atoms with Gasteiger partial charge in [0.25, 0.3) is 10.0 Å². The Morgan fingerprint density at radius 1 is 0.821 bits per heavy atom. The molecule has 0 radical (unpaired) electrons. The van der Waals surface area contributed by atoms with Gasteiger partial charge >= 0.3 is 0 Å². The Balaban J connectivity index is 1.41. The number of ether oxygens (including phenoxy) is 1. The van der Waals surface area contributed by atoms with Crippen LogP contribution in [0.1, 0.15) is 5.56 Å². The summed E-state index contributed by atoms with van der Waals surface area (Å²) < 4.78 is 34.0. The molecule has 4 rings (SSSR count). The van der Waals surface area contributed by atoms with E-state index in [1.165, 1.54) is 12.1 Å². The number of hydrogen-bond acceptors (Lipinski definition) is 5. The number of hydrogen-bond donors (Lipinski definition) is 1. The summed E-state index contributed by atoms with van der Waals surface area (Å²) in [6, 6.07) is 29.4. The number of benzene rings is 4. The maximum Gasteiger partial charge on any atom is 0.264 e. The molecule has 0 spiro atoms. The van der Waals surface area contributed by atoms with Crippen molar-refractivity contribution in [3.63, 3.8) is 0 Å². The molecule has 202 valence electrons. The molecule has 0 aliphatic rings. The molecule has 0 aliphatic carbocycles. The van der Waals surface area contributed by atoms with Crippen LogP contribution < -0.4 is 14.4 Å². The van der Waals surface area contributed by atoms with Gasteiger partial charge in [0, 0.05) is 18.1 Å². The fourth-order valence-corrected chi connectivity index (χ4v) is 6.18. The number of thioether (sulfide) groups is 1. The average Bonchev–Trinajstić information content (AvgIpc) is 2.95. The number of halogens is 2. The molecular weight excluding hydrogens is 575 g/mol. The van der Waals surface area contributed by atoms with Crippen molar-refractivity contribution in [1.82, 2.24) is 5.32 Å². The first-order valence-electron chi connectivity index (χ1n) is 12.0. The van der Waals surface area contributed by atoms with Gasteiger partial charge in [-0.05, 0) is 66.2 Å².